The minimum Gasteiger partial charge on any atom is -0.444 e. The molecular formula is C29H21F3N6O3. The molecule has 2 aliphatic rings. The van der Waals surface area contributed by atoms with Crippen LogP contribution >= 0.6 is 0 Å². The molecule has 0 aliphatic carbocycles. The van der Waals surface area contributed by atoms with Gasteiger partial charge in [0, 0.05) is 35.5 Å². The van der Waals surface area contributed by atoms with Crippen LogP contribution in [0.2, 0.25) is 0 Å². The number of pyridine rings is 1. The lowest BCUT2D eigenvalue weighted by Crippen LogP contribution is -2.48. The van der Waals surface area contributed by atoms with Crippen LogP contribution in [0.25, 0.3) is 33.9 Å². The summed E-state index contributed by atoms with van der Waals surface area (Å²) in [7, 11) is 0. The maximum Gasteiger partial charge on any atom is 0.416 e. The van der Waals surface area contributed by atoms with E-state index in [2.05, 4.69) is 20.2 Å². The number of carbonyl (C=O) groups excluding carboxylic acids is 1. The molecule has 0 radical (unpaired) electrons. The molecule has 9 nitrogen and oxygen atoms in total. The normalized spacial score (nSPS) is 16.1. The predicted molar refractivity (Wildman–Crippen MR) is 144 cm³/mol. The van der Waals surface area contributed by atoms with Crippen LogP contribution in [0.5, 0.6) is 0 Å². The summed E-state index contributed by atoms with van der Waals surface area (Å²) >= 11 is 0. The van der Waals surface area contributed by atoms with Gasteiger partial charge in [-0.25, -0.2) is 19.7 Å². The second-order valence-electron chi connectivity index (χ2n) is 9.84. The predicted octanol–water partition coefficient (Wildman–Crippen LogP) is 6.71. The lowest BCUT2D eigenvalue weighted by Gasteiger charge is -2.36. The van der Waals surface area contributed by atoms with E-state index in [-0.39, 0.29) is 6.04 Å². The van der Waals surface area contributed by atoms with Crippen molar-refractivity contribution < 1.29 is 26.8 Å². The maximum atomic E-state index is 13.9. The van der Waals surface area contributed by atoms with E-state index in [0.717, 1.165) is 30.8 Å². The van der Waals surface area contributed by atoms with Crippen molar-refractivity contribution in [3.63, 3.8) is 0 Å². The number of fused-ring (bicyclic) bond motifs is 4. The smallest absolute Gasteiger partial charge is 0.416 e. The van der Waals surface area contributed by atoms with Crippen LogP contribution in [0.1, 0.15) is 12.0 Å². The zero-order chi connectivity index (χ0) is 28.1. The third-order valence-electron chi connectivity index (χ3n) is 7.27. The van der Waals surface area contributed by atoms with Crippen LogP contribution < -0.4 is 15.1 Å². The van der Waals surface area contributed by atoms with Crippen molar-refractivity contribution in [1.29, 1.82) is 0 Å². The van der Waals surface area contributed by atoms with Gasteiger partial charge in [-0.1, -0.05) is 12.1 Å². The molecular weight excluding hydrogens is 537 g/mol. The first-order chi connectivity index (χ1) is 19.8. The summed E-state index contributed by atoms with van der Waals surface area (Å²) in [6.07, 6.45) is 2.02. The molecule has 5 aromatic rings. The Morgan fingerprint density at radius 2 is 1.66 bits per heavy atom. The van der Waals surface area contributed by atoms with Gasteiger partial charge in [0.15, 0.2) is 30.1 Å². The summed E-state index contributed by atoms with van der Waals surface area (Å²) in [6.45, 7) is 1.37. The fourth-order valence-corrected chi connectivity index (χ4v) is 5.37. The van der Waals surface area contributed by atoms with Crippen molar-refractivity contribution in [3.8, 4) is 33.9 Å². The third-order valence-corrected chi connectivity index (χ3v) is 7.27. The van der Waals surface area contributed by atoms with Crippen molar-refractivity contribution in [2.75, 3.05) is 28.2 Å². The summed E-state index contributed by atoms with van der Waals surface area (Å²) in [5.41, 5.74) is 2.46. The van der Waals surface area contributed by atoms with Crippen molar-refractivity contribution >= 4 is 23.2 Å². The van der Waals surface area contributed by atoms with Crippen LogP contribution in [-0.4, -0.2) is 40.1 Å². The highest BCUT2D eigenvalue weighted by Gasteiger charge is 2.40. The summed E-state index contributed by atoms with van der Waals surface area (Å²) < 4.78 is 51.1. The lowest BCUT2D eigenvalue weighted by atomic mass is 10.1. The average molecular weight is 559 g/mol. The number of urea groups is 1. The Labute approximate surface area is 231 Å². The van der Waals surface area contributed by atoms with E-state index in [0.29, 0.717) is 52.0 Å². The van der Waals surface area contributed by atoms with E-state index >= 15 is 0 Å². The van der Waals surface area contributed by atoms with Gasteiger partial charge >= 0.3 is 12.2 Å². The van der Waals surface area contributed by atoms with Crippen LogP contribution in [0.4, 0.5) is 35.2 Å². The van der Waals surface area contributed by atoms with Crippen molar-refractivity contribution in [1.82, 2.24) is 15.0 Å². The average Bonchev–Trinajstić information content (AvgIpc) is 3.76. The number of nitrogens with one attached hydrogen (secondary N) is 1. The molecule has 0 spiro atoms. The first-order valence-corrected chi connectivity index (χ1v) is 12.8. The molecule has 3 aromatic heterocycles. The second-order valence-corrected chi connectivity index (χ2v) is 9.84. The van der Waals surface area contributed by atoms with Crippen LogP contribution in [0.15, 0.2) is 88.6 Å². The Bertz CT molecular complexity index is 1680. The molecule has 1 unspecified atom stereocenters. The largest absolute Gasteiger partial charge is 0.444 e. The number of anilines is 3. The van der Waals surface area contributed by atoms with E-state index in [1.807, 2.05) is 12.1 Å². The highest BCUT2D eigenvalue weighted by Crippen LogP contribution is 2.41. The molecule has 2 aliphatic heterocycles. The monoisotopic (exact) mass is 558 g/mol. The van der Waals surface area contributed by atoms with E-state index < -0.39 is 17.8 Å². The van der Waals surface area contributed by atoms with Gasteiger partial charge < -0.3 is 19.1 Å². The van der Waals surface area contributed by atoms with Crippen LogP contribution in [0.3, 0.4) is 0 Å². The van der Waals surface area contributed by atoms with E-state index in [1.165, 1.54) is 18.9 Å². The number of alkyl halides is 3. The molecule has 1 N–H and O–H groups in total. The molecule has 1 saturated heterocycles. The topological polar surface area (TPSA) is 101 Å². The van der Waals surface area contributed by atoms with Gasteiger partial charge in [0.25, 0.3) is 0 Å². The summed E-state index contributed by atoms with van der Waals surface area (Å²) in [5.74, 6) is 1.40. The van der Waals surface area contributed by atoms with E-state index in [4.69, 9.17) is 13.8 Å². The fourth-order valence-electron chi connectivity index (χ4n) is 5.37. The molecule has 2 aromatic carbocycles. The summed E-state index contributed by atoms with van der Waals surface area (Å²) in [4.78, 5) is 30.3. The van der Waals surface area contributed by atoms with E-state index in [1.54, 1.807) is 41.6 Å². The van der Waals surface area contributed by atoms with Crippen LogP contribution in [-0.2, 0) is 6.18 Å². The Kier molecular flexibility index (Phi) is 5.77. The van der Waals surface area contributed by atoms with Gasteiger partial charge in [-0.15, -0.1) is 0 Å². The number of halogens is 3. The van der Waals surface area contributed by atoms with Crippen molar-refractivity contribution in [2.45, 2.75) is 18.6 Å². The molecule has 5 heterocycles. The van der Waals surface area contributed by atoms with Crippen molar-refractivity contribution in [3.05, 3.63) is 85.3 Å². The molecule has 12 heteroatoms. The van der Waals surface area contributed by atoms with Gasteiger partial charge in [0.05, 0.1) is 35.4 Å². The first kappa shape index (κ1) is 24.9. The summed E-state index contributed by atoms with van der Waals surface area (Å²) in [5, 5.41) is 2.98. The highest BCUT2D eigenvalue weighted by molar-refractivity contribution is 6.05. The minimum absolute atomic E-state index is 0.155. The zero-order valence-corrected chi connectivity index (χ0v) is 21.3. The number of rotatable bonds is 4. The fraction of sp³-hybridized carbons (Fsp3) is 0.172. The van der Waals surface area contributed by atoms with Gasteiger partial charge in [0.1, 0.15) is 0 Å². The minimum atomic E-state index is -4.48. The van der Waals surface area contributed by atoms with Gasteiger partial charge in [-0.05, 0) is 48.9 Å². The SMILES string of the molecule is O=C(Nc1cc(-c2cnco2)cc(-c2cnco2)c1)N1c2nc(-c3cccc(C(F)(F)F)c3)ccc2N2CCC1C2. The number of amides is 2. The Balaban J connectivity index is 1.26. The number of hydrogen-bond acceptors (Lipinski definition) is 7. The molecule has 41 heavy (non-hydrogen) atoms. The van der Waals surface area contributed by atoms with E-state index in [9.17, 15) is 18.0 Å². The number of hydrogen-bond donors (Lipinski definition) is 1. The Hall–Kier alpha value is -5.13. The number of aromatic nitrogens is 3. The third kappa shape index (κ3) is 4.56. The maximum absolute atomic E-state index is 13.9. The molecule has 2 amide bonds. The standard InChI is InChI=1S/C29H21F3N6O3/c30-29(31,32)20-3-1-2-17(9-20)23-4-5-24-27(36-23)38(22-6-7-37(24)14-22)28(39)35-21-10-18(25-12-33-15-40-25)8-19(11-21)26-13-34-16-41-26/h1-5,8-13,15-16,22H,6-7,14H2,(H,35,39). The molecule has 1 atom stereocenters. The highest BCUT2D eigenvalue weighted by atomic mass is 19.4. The molecule has 1 fully saturated rings. The number of benzene rings is 2. The first-order valence-electron chi connectivity index (χ1n) is 12.8. The second kappa shape index (κ2) is 9.51. The quantitative estimate of drug-likeness (QED) is 0.262. The number of nitrogens with zero attached hydrogens (tertiary/aromatic N) is 5. The molecule has 7 rings (SSSR count). The van der Waals surface area contributed by atoms with Crippen molar-refractivity contribution in [2.24, 2.45) is 0 Å². The Morgan fingerprint density at radius 1 is 0.927 bits per heavy atom. The van der Waals surface area contributed by atoms with Gasteiger partial charge in [-0.3, -0.25) is 4.90 Å². The molecule has 0 saturated carbocycles. The van der Waals surface area contributed by atoms with Gasteiger partial charge in [-0.2, -0.15) is 13.2 Å². The number of oxazole rings is 2. The molecule has 206 valence electrons. The van der Waals surface area contributed by atoms with Gasteiger partial charge in [0.2, 0.25) is 0 Å². The van der Waals surface area contributed by atoms with Crippen LogP contribution in [0, 0.1) is 0 Å². The lowest BCUT2D eigenvalue weighted by molar-refractivity contribution is -0.137. The zero-order valence-electron chi connectivity index (χ0n) is 21.3. The summed E-state index contributed by atoms with van der Waals surface area (Å²) in [6, 6.07) is 13.3. The molecule has 2 bridgehead atoms. The number of carbonyl (C=O) groups is 1. The Morgan fingerprint density at radius 3 is 2.32 bits per heavy atom.